The van der Waals surface area contributed by atoms with Gasteiger partial charge >= 0.3 is 5.97 Å². The quantitative estimate of drug-likeness (QED) is 0.592. The van der Waals surface area contributed by atoms with E-state index in [2.05, 4.69) is 11.3 Å². The predicted molar refractivity (Wildman–Crippen MR) is 65.4 cm³/mol. The van der Waals surface area contributed by atoms with Crippen LogP contribution in [0, 0.1) is 5.41 Å². The van der Waals surface area contributed by atoms with Crippen molar-refractivity contribution < 1.29 is 23.4 Å². The lowest BCUT2D eigenvalue weighted by molar-refractivity contribution is -0.182. The lowest BCUT2D eigenvalue weighted by Gasteiger charge is -2.28. The molecule has 0 rings (SSSR count). The molecule has 18 heavy (non-hydrogen) atoms. The highest BCUT2D eigenvalue weighted by atomic mass is 19.3. The Kier molecular flexibility index (Phi) is 5.93. The lowest BCUT2D eigenvalue weighted by Crippen LogP contribution is -2.47. The summed E-state index contributed by atoms with van der Waals surface area (Å²) in [6.45, 7) is 10.8. The normalized spacial score (nSPS) is 15.3. The van der Waals surface area contributed by atoms with Gasteiger partial charge in [-0.2, -0.15) is 0 Å². The number of alkyl halides is 2. The van der Waals surface area contributed by atoms with Gasteiger partial charge in [-0.15, -0.1) is 0 Å². The maximum absolute atomic E-state index is 12.9. The molecule has 0 saturated heterocycles. The van der Waals surface area contributed by atoms with Crippen molar-refractivity contribution in [3.05, 3.63) is 12.2 Å². The Balaban J connectivity index is 4.83. The van der Waals surface area contributed by atoms with Crippen molar-refractivity contribution >= 4 is 5.97 Å². The Morgan fingerprint density at radius 2 is 1.83 bits per heavy atom. The fourth-order valence-electron chi connectivity index (χ4n) is 1.69. The van der Waals surface area contributed by atoms with Crippen LogP contribution in [-0.2, 0) is 9.53 Å². The monoisotopic (exact) mass is 264 g/mol. The molecule has 0 saturated carbocycles. The van der Waals surface area contributed by atoms with Crippen molar-refractivity contribution in [3.63, 3.8) is 0 Å². The molecule has 0 aliphatic rings. The average molecular weight is 264 g/mol. The molecule has 0 aromatic carbocycles. The van der Waals surface area contributed by atoms with Crippen LogP contribution in [0.1, 0.15) is 40.5 Å². The molecule has 0 unspecified atom stereocenters. The van der Waals surface area contributed by atoms with E-state index in [9.17, 15) is 18.7 Å². The number of ether oxygens (including phenoxy) is 1. The third-order valence-corrected chi connectivity index (χ3v) is 2.29. The summed E-state index contributed by atoms with van der Waals surface area (Å²) in [4.78, 5) is 11.4. The molecule has 0 amide bonds. The van der Waals surface area contributed by atoms with Crippen LogP contribution < -0.4 is 0 Å². The molecule has 0 aromatic rings. The largest absolute Gasteiger partial charge is 0.464 e. The minimum atomic E-state index is -3.20. The van der Waals surface area contributed by atoms with Crippen LogP contribution in [0.5, 0.6) is 0 Å². The number of aliphatic hydroxyl groups is 1. The summed E-state index contributed by atoms with van der Waals surface area (Å²) in [5.74, 6) is -1.30. The molecule has 0 aliphatic carbocycles. The molecular weight excluding hydrogens is 242 g/mol. The van der Waals surface area contributed by atoms with Gasteiger partial charge in [-0.25, -0.2) is 13.6 Å². The maximum Gasteiger partial charge on any atom is 0.344 e. The molecule has 106 valence electrons. The number of carbonyl (C=O) groups is 1. The number of carbonyl (C=O) groups excluding carboxylic acids is 1. The van der Waals surface area contributed by atoms with Crippen molar-refractivity contribution in [1.82, 2.24) is 0 Å². The first-order valence-corrected chi connectivity index (χ1v) is 5.87. The average Bonchev–Trinajstić information content (AvgIpc) is 2.14. The number of hydrogen-bond donors (Lipinski definition) is 1. The highest BCUT2D eigenvalue weighted by Gasteiger charge is 2.47. The van der Waals surface area contributed by atoms with Gasteiger partial charge in [-0.3, -0.25) is 0 Å². The van der Waals surface area contributed by atoms with Gasteiger partial charge < -0.3 is 9.84 Å². The summed E-state index contributed by atoms with van der Waals surface area (Å²) in [6.07, 6.45) is -3.24. The van der Waals surface area contributed by atoms with Gasteiger partial charge in [-0.05, 0) is 18.8 Å². The highest BCUT2D eigenvalue weighted by Crippen LogP contribution is 2.31. The van der Waals surface area contributed by atoms with E-state index in [1.54, 1.807) is 0 Å². The smallest absolute Gasteiger partial charge is 0.344 e. The molecule has 3 nitrogen and oxygen atoms in total. The van der Waals surface area contributed by atoms with Gasteiger partial charge in [0.05, 0.1) is 6.61 Å². The first-order chi connectivity index (χ1) is 8.03. The maximum atomic E-state index is 12.9. The molecule has 1 atom stereocenters. The van der Waals surface area contributed by atoms with Crippen LogP contribution in [0.25, 0.3) is 0 Å². The van der Waals surface area contributed by atoms with Gasteiger partial charge in [0.2, 0.25) is 5.60 Å². The highest BCUT2D eigenvalue weighted by molar-refractivity contribution is 5.80. The summed E-state index contributed by atoms with van der Waals surface area (Å²) in [6, 6.07) is 0. The molecule has 0 bridgehead atoms. The molecule has 1 N–H and O–H groups in total. The first-order valence-electron chi connectivity index (χ1n) is 5.87. The van der Waals surface area contributed by atoms with E-state index in [1.165, 1.54) is 6.92 Å². The predicted octanol–water partition coefficient (Wildman–Crippen LogP) is 2.93. The molecule has 0 heterocycles. The summed E-state index contributed by atoms with van der Waals surface area (Å²) >= 11 is 0. The second-order valence-electron chi connectivity index (χ2n) is 5.61. The number of halogens is 2. The van der Waals surface area contributed by atoms with Crippen LogP contribution >= 0.6 is 0 Å². The Bertz CT molecular complexity index is 308. The summed E-state index contributed by atoms with van der Waals surface area (Å²) < 4.78 is 30.2. The Labute approximate surface area is 107 Å². The molecular formula is C13H22F2O3. The molecule has 0 aliphatic heterocycles. The molecule has 5 heteroatoms. The van der Waals surface area contributed by atoms with Crippen LogP contribution in [0.15, 0.2) is 12.2 Å². The van der Waals surface area contributed by atoms with Crippen LogP contribution in [0.4, 0.5) is 8.78 Å². The third-order valence-electron chi connectivity index (χ3n) is 2.29. The standard InChI is InChI=1S/C13H22F2O3/c1-6-18-11(16)13(17,10(14)15)8-9(2)7-12(3,4)5/h10,17H,2,6-8H2,1,3-5H3/t13-/m0/s1. The second-order valence-corrected chi connectivity index (χ2v) is 5.61. The van der Waals surface area contributed by atoms with E-state index in [1.807, 2.05) is 20.8 Å². The van der Waals surface area contributed by atoms with Crippen molar-refractivity contribution in [3.8, 4) is 0 Å². The summed E-state index contributed by atoms with van der Waals surface area (Å²) in [7, 11) is 0. The van der Waals surface area contributed by atoms with Crippen molar-refractivity contribution in [2.24, 2.45) is 5.41 Å². The summed E-state index contributed by atoms with van der Waals surface area (Å²) in [5, 5.41) is 9.77. The topological polar surface area (TPSA) is 46.5 Å². The zero-order valence-electron chi connectivity index (χ0n) is 11.4. The van der Waals surface area contributed by atoms with Gasteiger partial charge in [0.15, 0.2) is 0 Å². The van der Waals surface area contributed by atoms with Gasteiger partial charge in [0.25, 0.3) is 6.43 Å². The minimum Gasteiger partial charge on any atom is -0.464 e. The fraction of sp³-hybridized carbons (Fsp3) is 0.769. The van der Waals surface area contributed by atoms with E-state index in [4.69, 9.17) is 0 Å². The van der Waals surface area contributed by atoms with E-state index < -0.39 is 24.4 Å². The SMILES string of the molecule is C=C(CC(C)(C)C)C[C@@](O)(C(=O)OCC)C(F)F. The lowest BCUT2D eigenvalue weighted by atomic mass is 9.84. The van der Waals surface area contributed by atoms with Crippen molar-refractivity contribution in [1.29, 1.82) is 0 Å². The van der Waals surface area contributed by atoms with E-state index in [-0.39, 0.29) is 12.0 Å². The second kappa shape index (κ2) is 6.27. The molecule has 0 radical (unpaired) electrons. The van der Waals surface area contributed by atoms with Crippen LogP contribution in [0.2, 0.25) is 0 Å². The number of rotatable bonds is 6. The minimum absolute atomic E-state index is 0.0559. The Hall–Kier alpha value is -0.970. The van der Waals surface area contributed by atoms with E-state index in [0.717, 1.165) is 0 Å². The summed E-state index contributed by atoms with van der Waals surface area (Å²) in [5.41, 5.74) is -2.54. The zero-order chi connectivity index (χ0) is 14.6. The zero-order valence-corrected chi connectivity index (χ0v) is 11.4. The molecule has 0 fully saturated rings. The Morgan fingerprint density at radius 3 is 2.17 bits per heavy atom. The first kappa shape index (κ1) is 17.0. The number of hydrogen-bond acceptors (Lipinski definition) is 3. The Morgan fingerprint density at radius 1 is 1.33 bits per heavy atom. The molecule has 0 spiro atoms. The van der Waals surface area contributed by atoms with Gasteiger partial charge in [0, 0.05) is 6.42 Å². The van der Waals surface area contributed by atoms with Gasteiger partial charge in [0.1, 0.15) is 0 Å². The van der Waals surface area contributed by atoms with E-state index in [0.29, 0.717) is 12.0 Å². The van der Waals surface area contributed by atoms with Crippen molar-refractivity contribution in [2.45, 2.75) is 52.6 Å². The fourth-order valence-corrected chi connectivity index (χ4v) is 1.69. The third kappa shape index (κ3) is 5.12. The van der Waals surface area contributed by atoms with Crippen LogP contribution in [-0.4, -0.2) is 29.7 Å². The van der Waals surface area contributed by atoms with Gasteiger partial charge in [-0.1, -0.05) is 32.9 Å². The number of esters is 1. The van der Waals surface area contributed by atoms with E-state index >= 15 is 0 Å². The molecule has 0 aromatic heterocycles. The van der Waals surface area contributed by atoms with Crippen LogP contribution in [0.3, 0.4) is 0 Å². The van der Waals surface area contributed by atoms with Crippen molar-refractivity contribution in [2.75, 3.05) is 6.61 Å².